The molecule has 1 aromatic heterocycles. The van der Waals surface area contributed by atoms with Crippen molar-refractivity contribution in [3.8, 4) is 0 Å². The Balaban J connectivity index is 1.47. The van der Waals surface area contributed by atoms with Gasteiger partial charge >= 0.3 is 0 Å². The van der Waals surface area contributed by atoms with E-state index in [4.69, 9.17) is 0 Å². The normalized spacial score (nSPS) is 25.2. The summed E-state index contributed by atoms with van der Waals surface area (Å²) in [6.07, 6.45) is 14.5. The number of allylic oxidation sites excluding steroid dienone is 5. The largest absolute Gasteiger partial charge is 0.328 e. The molecule has 0 spiro atoms. The lowest BCUT2D eigenvalue weighted by Crippen LogP contribution is -2.26. The molecule has 0 N–H and O–H groups in total. The molecule has 0 radical (unpaired) electrons. The van der Waals surface area contributed by atoms with Crippen LogP contribution in [0.3, 0.4) is 0 Å². The van der Waals surface area contributed by atoms with Crippen LogP contribution in [0.5, 0.6) is 0 Å². The van der Waals surface area contributed by atoms with Crippen LogP contribution >= 0.6 is 0 Å². The van der Waals surface area contributed by atoms with Crippen LogP contribution in [0.1, 0.15) is 35.3 Å². The summed E-state index contributed by atoms with van der Waals surface area (Å²) in [6, 6.07) is 3.55. The molecule has 0 fully saturated rings. The lowest BCUT2D eigenvalue weighted by molar-refractivity contribution is 0.0792. The van der Waals surface area contributed by atoms with E-state index < -0.39 is 0 Å². The highest BCUT2D eigenvalue weighted by molar-refractivity contribution is 5.97. The number of halogens is 1. The Kier molecular flexibility index (Phi) is 5.53. The summed E-state index contributed by atoms with van der Waals surface area (Å²) < 4.78 is 15.0. The van der Waals surface area contributed by atoms with E-state index in [0.29, 0.717) is 17.7 Å². The van der Waals surface area contributed by atoms with E-state index >= 15 is 4.39 Å². The van der Waals surface area contributed by atoms with Crippen molar-refractivity contribution in [2.45, 2.75) is 25.8 Å². The highest BCUT2D eigenvalue weighted by Gasteiger charge is 2.29. The fourth-order valence-electron chi connectivity index (χ4n) is 4.11. The third kappa shape index (κ3) is 3.99. The van der Waals surface area contributed by atoms with Crippen molar-refractivity contribution in [1.29, 1.82) is 0 Å². The first-order chi connectivity index (χ1) is 13.6. The lowest BCUT2D eigenvalue weighted by Gasteiger charge is -2.22. The van der Waals surface area contributed by atoms with E-state index in [1.54, 1.807) is 35.4 Å². The van der Waals surface area contributed by atoms with Crippen molar-refractivity contribution in [1.82, 2.24) is 14.8 Å². The molecule has 0 bridgehead atoms. The molecule has 0 saturated carbocycles. The number of rotatable bonds is 3. The van der Waals surface area contributed by atoms with Crippen molar-refractivity contribution in [2.75, 3.05) is 26.7 Å². The van der Waals surface area contributed by atoms with Crippen LogP contribution in [0.4, 0.5) is 4.39 Å². The highest BCUT2D eigenvalue weighted by atomic mass is 19.1. The minimum atomic E-state index is -0.230. The summed E-state index contributed by atoms with van der Waals surface area (Å²) in [6.45, 7) is 2.82. The minimum absolute atomic E-state index is 0.00898. The van der Waals surface area contributed by atoms with Crippen molar-refractivity contribution in [3.05, 3.63) is 76.9 Å². The number of amides is 1. The first-order valence-corrected chi connectivity index (χ1v) is 9.97. The first kappa shape index (κ1) is 18.8. The number of hydrogen-bond acceptors (Lipinski definition) is 3. The maximum atomic E-state index is 15.0. The van der Waals surface area contributed by atoms with Gasteiger partial charge in [-0.05, 0) is 51.1 Å². The Morgan fingerprint density at radius 3 is 3.07 bits per heavy atom. The first-order valence-electron chi connectivity index (χ1n) is 9.97. The Labute approximate surface area is 165 Å². The molecular formula is C23H26FN3O. The van der Waals surface area contributed by atoms with Gasteiger partial charge in [0.15, 0.2) is 0 Å². The standard InChI is InChI=1S/C23H26FN3O/c1-26-12-4-8-17(9-5-13-26)18-6-2-7-19(21(24)14-18)15-27-16-22-20(23(27)28)10-3-11-25-22/h2-3,6-8,10-11,14,18H,4-5,9,12-13,15-16H2,1H3/b17-8+. The van der Waals surface area contributed by atoms with Gasteiger partial charge in [-0.15, -0.1) is 0 Å². The van der Waals surface area contributed by atoms with E-state index in [1.165, 1.54) is 5.57 Å². The zero-order valence-electron chi connectivity index (χ0n) is 16.3. The Bertz CT molecular complexity index is 884. The summed E-state index contributed by atoms with van der Waals surface area (Å²) in [5, 5.41) is 0. The minimum Gasteiger partial charge on any atom is -0.328 e. The molecule has 1 aliphatic carbocycles. The van der Waals surface area contributed by atoms with Gasteiger partial charge in [0.1, 0.15) is 5.83 Å². The quantitative estimate of drug-likeness (QED) is 0.744. The maximum Gasteiger partial charge on any atom is 0.256 e. The fourth-order valence-corrected chi connectivity index (χ4v) is 4.11. The third-order valence-electron chi connectivity index (χ3n) is 5.71. The van der Waals surface area contributed by atoms with Gasteiger partial charge in [-0.1, -0.05) is 29.9 Å². The molecule has 146 valence electrons. The zero-order chi connectivity index (χ0) is 19.5. The topological polar surface area (TPSA) is 36.4 Å². The molecule has 5 heteroatoms. The van der Waals surface area contributed by atoms with Crippen LogP contribution in [0.25, 0.3) is 0 Å². The molecule has 3 heterocycles. The van der Waals surface area contributed by atoms with Crippen molar-refractivity contribution in [2.24, 2.45) is 5.92 Å². The lowest BCUT2D eigenvalue weighted by atomic mass is 9.92. The van der Waals surface area contributed by atoms with Gasteiger partial charge in [0.05, 0.1) is 17.8 Å². The molecule has 1 atom stereocenters. The molecule has 1 aromatic rings. The van der Waals surface area contributed by atoms with Gasteiger partial charge in [0, 0.05) is 30.8 Å². The summed E-state index contributed by atoms with van der Waals surface area (Å²) in [7, 11) is 2.15. The monoisotopic (exact) mass is 379 g/mol. The van der Waals surface area contributed by atoms with Crippen LogP contribution in [0.15, 0.2) is 65.7 Å². The van der Waals surface area contributed by atoms with E-state index in [9.17, 15) is 4.79 Å². The predicted octanol–water partition coefficient (Wildman–Crippen LogP) is 4.05. The number of hydrogen-bond donors (Lipinski definition) is 0. The van der Waals surface area contributed by atoms with Gasteiger partial charge in [-0.3, -0.25) is 9.78 Å². The molecule has 28 heavy (non-hydrogen) atoms. The molecule has 4 nitrogen and oxygen atoms in total. The number of pyridine rings is 1. The summed E-state index contributed by atoms with van der Waals surface area (Å²) >= 11 is 0. The van der Waals surface area contributed by atoms with Crippen LogP contribution in [-0.4, -0.2) is 47.4 Å². The van der Waals surface area contributed by atoms with Crippen molar-refractivity contribution >= 4 is 5.91 Å². The van der Waals surface area contributed by atoms with Crippen LogP contribution in [-0.2, 0) is 6.54 Å². The molecule has 2 aliphatic heterocycles. The smallest absolute Gasteiger partial charge is 0.256 e. The number of nitrogens with zero attached hydrogens (tertiary/aromatic N) is 3. The summed E-state index contributed by atoms with van der Waals surface area (Å²) in [5.41, 5.74) is 3.23. The number of aromatic nitrogens is 1. The van der Waals surface area contributed by atoms with E-state index in [0.717, 1.165) is 38.0 Å². The van der Waals surface area contributed by atoms with Crippen molar-refractivity contribution in [3.63, 3.8) is 0 Å². The number of carbonyl (C=O) groups excluding carboxylic acids is 1. The van der Waals surface area contributed by atoms with Crippen LogP contribution in [0.2, 0.25) is 0 Å². The van der Waals surface area contributed by atoms with Crippen molar-refractivity contribution < 1.29 is 9.18 Å². The molecule has 4 rings (SSSR count). The zero-order valence-corrected chi connectivity index (χ0v) is 16.3. The van der Waals surface area contributed by atoms with E-state index in [-0.39, 0.29) is 24.2 Å². The van der Waals surface area contributed by atoms with Gasteiger partial charge < -0.3 is 9.80 Å². The molecule has 1 unspecified atom stereocenters. The molecule has 1 amide bonds. The van der Waals surface area contributed by atoms with E-state index in [2.05, 4.69) is 29.1 Å². The van der Waals surface area contributed by atoms with E-state index in [1.807, 2.05) is 6.08 Å². The second-order valence-electron chi connectivity index (χ2n) is 7.75. The third-order valence-corrected chi connectivity index (χ3v) is 5.71. The Morgan fingerprint density at radius 2 is 2.21 bits per heavy atom. The predicted molar refractivity (Wildman–Crippen MR) is 108 cm³/mol. The van der Waals surface area contributed by atoms with Gasteiger partial charge in [-0.2, -0.15) is 0 Å². The van der Waals surface area contributed by atoms with Gasteiger partial charge in [0.2, 0.25) is 0 Å². The fraction of sp³-hybridized carbons (Fsp3) is 0.391. The van der Waals surface area contributed by atoms with Crippen LogP contribution < -0.4 is 0 Å². The second kappa shape index (κ2) is 8.23. The number of carbonyl (C=O) groups is 1. The second-order valence-corrected chi connectivity index (χ2v) is 7.75. The van der Waals surface area contributed by atoms with Crippen LogP contribution in [0, 0.1) is 5.92 Å². The molecular weight excluding hydrogens is 353 g/mol. The Hall–Kier alpha value is -2.53. The number of fused-ring (bicyclic) bond motifs is 1. The molecule has 0 aromatic carbocycles. The molecule has 0 saturated heterocycles. The maximum absolute atomic E-state index is 15.0. The van der Waals surface area contributed by atoms with Gasteiger partial charge in [0.25, 0.3) is 5.91 Å². The average molecular weight is 379 g/mol. The summed E-state index contributed by atoms with van der Waals surface area (Å²) in [4.78, 5) is 20.8. The van der Waals surface area contributed by atoms with Gasteiger partial charge in [-0.25, -0.2) is 4.39 Å². The summed E-state index contributed by atoms with van der Waals surface area (Å²) in [5.74, 6) is -0.314. The average Bonchev–Trinajstić information content (AvgIpc) is 2.86. The SMILES string of the molecule is CN1CC/C=C(/C2C=CC=C(CN3Cc4ncccc4C3=O)C(F)=C2)CCC1. The Morgan fingerprint density at radius 1 is 1.32 bits per heavy atom. The molecule has 3 aliphatic rings. The highest BCUT2D eigenvalue weighted by Crippen LogP contribution is 2.30.